The lowest BCUT2D eigenvalue weighted by Crippen LogP contribution is -2.28. The third-order valence-electron chi connectivity index (χ3n) is 2.58. The van der Waals surface area contributed by atoms with Gasteiger partial charge >= 0.3 is 5.91 Å². The predicted molar refractivity (Wildman–Crippen MR) is 83.9 cm³/mol. The summed E-state index contributed by atoms with van der Waals surface area (Å²) < 4.78 is 13.0. The summed E-state index contributed by atoms with van der Waals surface area (Å²) in [6.45, 7) is 0. The molecule has 1 heterocycles. The summed E-state index contributed by atoms with van der Waals surface area (Å²) >= 11 is 17.5. The number of nitrogens with one attached hydrogen (secondary N) is 2. The standard InChI is InChI=1S/C13H8Cl3FN4O/c14-8-10(18)9(15)12(16)20-11(8)13(22)21-19-5-6-2-1-3-7(17)4-6/h1-5H,(H2,18,20)(H,21,22)/p+1/b19-5-. The number of hydrogen-bond donors (Lipinski definition) is 2. The van der Waals surface area contributed by atoms with Gasteiger partial charge in [0.2, 0.25) is 0 Å². The van der Waals surface area contributed by atoms with Crippen LogP contribution in [0.4, 0.5) is 10.1 Å². The molecule has 0 atom stereocenters. The lowest BCUT2D eigenvalue weighted by atomic mass is 10.2. The van der Waals surface area contributed by atoms with E-state index in [9.17, 15) is 9.18 Å². The van der Waals surface area contributed by atoms with Crippen molar-refractivity contribution >= 4 is 52.6 Å². The second kappa shape index (κ2) is 6.91. The molecule has 0 bridgehead atoms. The molecule has 5 nitrogen and oxygen atoms in total. The molecule has 2 rings (SSSR count). The zero-order chi connectivity index (χ0) is 16.3. The van der Waals surface area contributed by atoms with Crippen LogP contribution in [0.15, 0.2) is 29.4 Å². The van der Waals surface area contributed by atoms with Crippen molar-refractivity contribution in [3.8, 4) is 0 Å². The van der Waals surface area contributed by atoms with E-state index >= 15 is 0 Å². The van der Waals surface area contributed by atoms with Crippen LogP contribution in [-0.4, -0.2) is 12.1 Å². The molecule has 0 aliphatic rings. The highest BCUT2D eigenvalue weighted by Gasteiger charge is 2.25. The Labute approximate surface area is 139 Å². The summed E-state index contributed by atoms with van der Waals surface area (Å²) in [4.78, 5) is 14.5. The molecule has 2 aromatic rings. The van der Waals surface area contributed by atoms with Crippen LogP contribution in [0.25, 0.3) is 0 Å². The SMILES string of the molecule is Nc1c(Cl)c(Cl)[nH+]c(C(=O)N/N=C\c2cccc(F)c2)c1Cl. The first-order chi connectivity index (χ1) is 10.4. The largest absolute Gasteiger partial charge is 0.396 e. The van der Waals surface area contributed by atoms with E-state index in [1.165, 1.54) is 24.4 Å². The van der Waals surface area contributed by atoms with E-state index in [2.05, 4.69) is 15.5 Å². The maximum absolute atomic E-state index is 13.0. The average Bonchev–Trinajstić information content (AvgIpc) is 2.48. The summed E-state index contributed by atoms with van der Waals surface area (Å²) in [5.74, 6) is -1.09. The fourth-order valence-electron chi connectivity index (χ4n) is 1.53. The Hall–Kier alpha value is -1.89. The molecule has 1 aromatic carbocycles. The van der Waals surface area contributed by atoms with Crippen molar-refractivity contribution in [2.75, 3.05) is 5.73 Å². The van der Waals surface area contributed by atoms with Gasteiger partial charge in [-0.05, 0) is 29.3 Å². The second-order valence-corrected chi connectivity index (χ2v) is 5.24. The number of nitrogens with two attached hydrogens (primary N) is 1. The Morgan fingerprint density at radius 1 is 1.32 bits per heavy atom. The molecule has 0 radical (unpaired) electrons. The van der Waals surface area contributed by atoms with Gasteiger partial charge in [0.05, 0.1) is 11.9 Å². The van der Waals surface area contributed by atoms with E-state index in [4.69, 9.17) is 40.5 Å². The predicted octanol–water partition coefficient (Wildman–Crippen LogP) is 2.95. The van der Waals surface area contributed by atoms with E-state index in [0.29, 0.717) is 5.56 Å². The number of anilines is 1. The van der Waals surface area contributed by atoms with Gasteiger partial charge in [0.1, 0.15) is 15.9 Å². The summed E-state index contributed by atoms with van der Waals surface area (Å²) in [6.07, 6.45) is 1.27. The van der Waals surface area contributed by atoms with Crippen LogP contribution in [0.1, 0.15) is 16.1 Å². The molecule has 0 saturated carbocycles. The van der Waals surface area contributed by atoms with Gasteiger partial charge in [0.15, 0.2) is 0 Å². The first-order valence-electron chi connectivity index (χ1n) is 5.84. The van der Waals surface area contributed by atoms with Crippen molar-refractivity contribution in [1.29, 1.82) is 0 Å². The second-order valence-electron chi connectivity index (χ2n) is 4.11. The quantitative estimate of drug-likeness (QED) is 0.500. The molecule has 9 heteroatoms. The van der Waals surface area contributed by atoms with Crippen molar-refractivity contribution in [1.82, 2.24) is 5.43 Å². The first kappa shape index (κ1) is 16.5. The number of nitrogen functional groups attached to an aromatic ring is 1. The lowest BCUT2D eigenvalue weighted by Gasteiger charge is -2.02. The minimum atomic E-state index is -0.678. The number of pyridine rings is 1. The van der Waals surface area contributed by atoms with Gasteiger partial charge in [-0.1, -0.05) is 35.3 Å². The summed E-state index contributed by atoms with van der Waals surface area (Å²) in [6, 6.07) is 5.69. The van der Waals surface area contributed by atoms with Gasteiger partial charge in [0.25, 0.3) is 10.8 Å². The molecule has 0 saturated heterocycles. The van der Waals surface area contributed by atoms with Crippen LogP contribution >= 0.6 is 34.8 Å². The Kier molecular flexibility index (Phi) is 5.18. The summed E-state index contributed by atoms with van der Waals surface area (Å²) in [7, 11) is 0. The fourth-order valence-corrected chi connectivity index (χ4v) is 2.15. The molecule has 1 amide bonds. The number of hydrogen-bond acceptors (Lipinski definition) is 3. The molecule has 4 N–H and O–H groups in total. The number of H-pyrrole nitrogens is 1. The van der Waals surface area contributed by atoms with Crippen molar-refractivity contribution in [2.45, 2.75) is 0 Å². The molecule has 0 spiro atoms. The zero-order valence-electron chi connectivity index (χ0n) is 10.8. The topological polar surface area (TPSA) is 81.6 Å². The number of aromatic nitrogens is 1. The molecular formula is C13H9Cl3FN4O+. The number of carbonyl (C=O) groups excluding carboxylic acids is 1. The summed E-state index contributed by atoms with van der Waals surface area (Å²) in [5, 5.41) is 3.61. The minimum absolute atomic E-state index is 0.0199. The molecular weight excluding hydrogens is 354 g/mol. The Morgan fingerprint density at radius 2 is 2.05 bits per heavy atom. The highest BCUT2D eigenvalue weighted by Crippen LogP contribution is 2.31. The Morgan fingerprint density at radius 3 is 2.73 bits per heavy atom. The Balaban J connectivity index is 2.17. The smallest absolute Gasteiger partial charge is 0.337 e. The molecule has 0 aliphatic heterocycles. The van der Waals surface area contributed by atoms with Crippen LogP contribution in [0.2, 0.25) is 15.2 Å². The third kappa shape index (κ3) is 3.65. The monoisotopic (exact) mass is 361 g/mol. The molecule has 0 unspecified atom stereocenters. The van der Waals surface area contributed by atoms with Gasteiger partial charge in [-0.3, -0.25) is 4.79 Å². The molecule has 22 heavy (non-hydrogen) atoms. The lowest BCUT2D eigenvalue weighted by molar-refractivity contribution is -0.379. The number of halogens is 4. The first-order valence-corrected chi connectivity index (χ1v) is 6.97. The van der Waals surface area contributed by atoms with Crippen molar-refractivity contribution in [3.05, 3.63) is 56.5 Å². The maximum Gasteiger partial charge on any atom is 0.337 e. The van der Waals surface area contributed by atoms with E-state index in [0.717, 1.165) is 0 Å². The number of carbonyl (C=O) groups is 1. The molecule has 0 aliphatic carbocycles. The average molecular weight is 363 g/mol. The van der Waals surface area contributed by atoms with Crippen molar-refractivity contribution in [3.63, 3.8) is 0 Å². The maximum atomic E-state index is 13.0. The van der Waals surface area contributed by atoms with Crippen molar-refractivity contribution in [2.24, 2.45) is 5.10 Å². The van der Waals surface area contributed by atoms with Crippen LogP contribution < -0.4 is 16.1 Å². The fraction of sp³-hybridized carbons (Fsp3) is 0. The zero-order valence-corrected chi connectivity index (χ0v) is 13.1. The molecule has 1 aromatic heterocycles. The van der Waals surface area contributed by atoms with Gasteiger partial charge in [0, 0.05) is 0 Å². The van der Waals surface area contributed by atoms with Crippen molar-refractivity contribution < 1.29 is 14.2 Å². The number of rotatable bonds is 3. The van der Waals surface area contributed by atoms with Crippen LogP contribution in [0.5, 0.6) is 0 Å². The van der Waals surface area contributed by atoms with Crippen LogP contribution in [-0.2, 0) is 0 Å². The van der Waals surface area contributed by atoms with Gasteiger partial charge in [-0.25, -0.2) is 9.82 Å². The van der Waals surface area contributed by atoms with E-state index in [-0.39, 0.29) is 26.6 Å². The number of hydrazone groups is 1. The van der Waals surface area contributed by atoms with Gasteiger partial charge in [-0.2, -0.15) is 10.1 Å². The third-order valence-corrected chi connectivity index (χ3v) is 3.74. The normalized spacial score (nSPS) is 10.9. The van der Waals surface area contributed by atoms with E-state index in [1.54, 1.807) is 6.07 Å². The van der Waals surface area contributed by atoms with E-state index < -0.39 is 11.7 Å². The van der Waals surface area contributed by atoms with Crippen LogP contribution in [0, 0.1) is 5.82 Å². The highest BCUT2D eigenvalue weighted by atomic mass is 35.5. The Bertz CT molecular complexity index is 767. The number of aromatic amines is 1. The number of amides is 1. The van der Waals surface area contributed by atoms with E-state index in [1.807, 2.05) is 0 Å². The number of benzene rings is 1. The van der Waals surface area contributed by atoms with Gasteiger partial charge < -0.3 is 5.73 Å². The number of nitrogens with zero attached hydrogens (tertiary/aromatic N) is 1. The molecule has 114 valence electrons. The van der Waals surface area contributed by atoms with Crippen LogP contribution in [0.3, 0.4) is 0 Å². The summed E-state index contributed by atoms with van der Waals surface area (Å²) in [5.41, 5.74) is 8.21. The van der Waals surface area contributed by atoms with Gasteiger partial charge in [-0.15, -0.1) is 0 Å². The highest BCUT2D eigenvalue weighted by molar-refractivity contribution is 6.45. The molecule has 0 fully saturated rings. The minimum Gasteiger partial charge on any atom is -0.396 e.